The quantitative estimate of drug-likeness (QED) is 0.551. The summed E-state index contributed by atoms with van der Waals surface area (Å²) in [5.41, 5.74) is 0.729. The van der Waals surface area contributed by atoms with Crippen molar-refractivity contribution in [1.29, 1.82) is 0 Å². The summed E-state index contributed by atoms with van der Waals surface area (Å²) >= 11 is 1.64. The fourth-order valence-electron chi connectivity index (χ4n) is 2.41. The van der Waals surface area contributed by atoms with Crippen LogP contribution < -0.4 is 10.0 Å². The number of furan rings is 1. The highest BCUT2D eigenvalue weighted by atomic mass is 32.2. The van der Waals surface area contributed by atoms with Crippen LogP contribution in [0.4, 0.5) is 0 Å². The Morgan fingerprint density at radius 1 is 1.11 bits per heavy atom. The van der Waals surface area contributed by atoms with Crippen LogP contribution in [0.2, 0.25) is 0 Å². The monoisotopic (exact) mass is 416 g/mol. The van der Waals surface area contributed by atoms with Crippen molar-refractivity contribution in [2.45, 2.75) is 24.9 Å². The first-order valence-corrected chi connectivity index (χ1v) is 10.9. The van der Waals surface area contributed by atoms with Crippen LogP contribution in [0.25, 0.3) is 6.08 Å². The van der Waals surface area contributed by atoms with Gasteiger partial charge < -0.3 is 9.73 Å². The lowest BCUT2D eigenvalue weighted by Gasteiger charge is -2.05. The number of hydrogen-bond donors (Lipinski definition) is 2. The van der Waals surface area contributed by atoms with Gasteiger partial charge in [0.05, 0.1) is 24.2 Å². The number of rotatable bonds is 8. The predicted molar refractivity (Wildman–Crippen MR) is 109 cm³/mol. The standard InChI is InChI=1S/C20H20N2O4S2/c1-15-4-8-18(27-15)14-21-20(23)11-7-16-5-9-19(10-6-16)28(24,25)22-13-17-3-2-12-26-17/h2-12,22H,13-14H2,1H3,(H,21,23). The smallest absolute Gasteiger partial charge is 0.244 e. The van der Waals surface area contributed by atoms with E-state index in [0.717, 1.165) is 10.4 Å². The molecule has 28 heavy (non-hydrogen) atoms. The Morgan fingerprint density at radius 3 is 2.54 bits per heavy atom. The number of hydrogen-bond acceptors (Lipinski definition) is 5. The van der Waals surface area contributed by atoms with Crippen molar-refractivity contribution in [2.75, 3.05) is 0 Å². The summed E-state index contributed by atoms with van der Waals surface area (Å²) in [4.78, 5) is 14.4. The van der Waals surface area contributed by atoms with Crippen molar-refractivity contribution in [3.63, 3.8) is 0 Å². The largest absolute Gasteiger partial charge is 0.468 e. The third-order valence-electron chi connectivity index (χ3n) is 3.87. The summed E-state index contributed by atoms with van der Waals surface area (Å²) in [6, 6.07) is 13.7. The van der Waals surface area contributed by atoms with Gasteiger partial charge in [0.25, 0.3) is 0 Å². The molecular weight excluding hydrogens is 396 g/mol. The molecule has 0 aliphatic carbocycles. The molecule has 8 heteroatoms. The summed E-state index contributed by atoms with van der Waals surface area (Å²) in [5, 5.41) is 2.82. The van der Waals surface area contributed by atoms with Gasteiger partial charge in [0.2, 0.25) is 15.9 Å². The van der Waals surface area contributed by atoms with Crippen molar-refractivity contribution >= 4 is 33.3 Å². The molecule has 2 N–H and O–H groups in total. The van der Waals surface area contributed by atoms with Crippen molar-refractivity contribution in [1.82, 2.24) is 10.0 Å². The Labute approximate surface area is 168 Å². The Bertz CT molecular complexity index is 1050. The topological polar surface area (TPSA) is 88.4 Å². The van der Waals surface area contributed by atoms with E-state index in [1.165, 1.54) is 29.3 Å². The van der Waals surface area contributed by atoms with Crippen LogP contribution >= 0.6 is 11.3 Å². The second-order valence-corrected chi connectivity index (χ2v) is 9.18. The molecule has 2 heterocycles. The second-order valence-electron chi connectivity index (χ2n) is 6.04. The Hall–Kier alpha value is -2.68. The van der Waals surface area contributed by atoms with E-state index in [1.807, 2.05) is 19.1 Å². The summed E-state index contributed by atoms with van der Waals surface area (Å²) in [6.07, 6.45) is 4.56. The molecule has 0 saturated heterocycles. The van der Waals surface area contributed by atoms with E-state index in [2.05, 4.69) is 10.0 Å². The molecule has 0 aliphatic rings. The minimum absolute atomic E-state index is 0.0842. The van der Waals surface area contributed by atoms with E-state index in [-0.39, 0.29) is 17.3 Å². The van der Waals surface area contributed by atoms with E-state index in [0.29, 0.717) is 12.3 Å². The lowest BCUT2D eigenvalue weighted by atomic mass is 10.2. The van der Waals surface area contributed by atoms with Gasteiger partial charge in [-0.25, -0.2) is 13.1 Å². The maximum absolute atomic E-state index is 12.3. The third kappa shape index (κ3) is 5.66. The maximum atomic E-state index is 12.3. The molecule has 146 valence electrons. The number of carbonyl (C=O) groups excluding carboxylic acids is 1. The Morgan fingerprint density at radius 2 is 1.89 bits per heavy atom. The fourth-order valence-corrected chi connectivity index (χ4v) is 4.23. The first-order chi connectivity index (χ1) is 13.4. The van der Waals surface area contributed by atoms with Gasteiger partial charge in [-0.05, 0) is 55.0 Å². The predicted octanol–water partition coefficient (Wildman–Crippen LogP) is 3.46. The molecule has 0 fully saturated rings. The minimum Gasteiger partial charge on any atom is -0.468 e. The molecule has 0 spiro atoms. The van der Waals surface area contributed by atoms with E-state index in [4.69, 9.17) is 4.42 Å². The summed E-state index contributed by atoms with van der Waals surface area (Å²) in [6.45, 7) is 2.59. The summed E-state index contributed by atoms with van der Waals surface area (Å²) in [7, 11) is -3.63. The highest BCUT2D eigenvalue weighted by Gasteiger charge is 2.13. The maximum Gasteiger partial charge on any atom is 0.244 e. The zero-order valence-corrected chi connectivity index (χ0v) is 16.8. The van der Waals surface area contributed by atoms with Gasteiger partial charge in [0.15, 0.2) is 0 Å². The van der Waals surface area contributed by atoms with Crippen molar-refractivity contribution < 1.29 is 17.6 Å². The number of thiophene rings is 1. The molecule has 0 radical (unpaired) electrons. The van der Waals surface area contributed by atoms with Crippen LogP contribution in [-0.4, -0.2) is 14.3 Å². The highest BCUT2D eigenvalue weighted by molar-refractivity contribution is 7.89. The van der Waals surface area contributed by atoms with Gasteiger partial charge in [0.1, 0.15) is 5.76 Å². The third-order valence-corrected chi connectivity index (χ3v) is 6.28. The molecule has 1 aromatic carbocycles. The van der Waals surface area contributed by atoms with Gasteiger partial charge in [0, 0.05) is 15.8 Å². The van der Waals surface area contributed by atoms with Gasteiger partial charge in [-0.2, -0.15) is 0 Å². The van der Waals surface area contributed by atoms with Gasteiger partial charge in [-0.3, -0.25) is 4.79 Å². The molecule has 3 aromatic rings. The number of nitrogens with one attached hydrogen (secondary N) is 2. The van der Waals surface area contributed by atoms with Crippen LogP contribution in [0, 0.1) is 6.92 Å². The van der Waals surface area contributed by atoms with E-state index >= 15 is 0 Å². The zero-order valence-electron chi connectivity index (χ0n) is 15.2. The lowest BCUT2D eigenvalue weighted by Crippen LogP contribution is -2.22. The molecule has 0 atom stereocenters. The average molecular weight is 417 g/mol. The second kappa shape index (κ2) is 9.01. The van der Waals surface area contributed by atoms with Crippen molar-refractivity contribution in [3.05, 3.63) is 81.9 Å². The van der Waals surface area contributed by atoms with Crippen LogP contribution in [0.3, 0.4) is 0 Å². The Kier molecular flexibility index (Phi) is 6.45. The molecule has 0 saturated carbocycles. The molecule has 1 amide bonds. The molecule has 6 nitrogen and oxygen atoms in total. The van der Waals surface area contributed by atoms with Crippen LogP contribution in [0.1, 0.15) is 21.1 Å². The number of carbonyl (C=O) groups is 1. The molecular formula is C20H20N2O4S2. The average Bonchev–Trinajstić information content (AvgIpc) is 3.35. The van der Waals surface area contributed by atoms with Crippen LogP contribution in [0.15, 0.2) is 70.2 Å². The first-order valence-electron chi connectivity index (χ1n) is 8.56. The SMILES string of the molecule is Cc1ccc(CNC(=O)C=Cc2ccc(S(=O)(=O)NCc3ccco3)cc2)s1. The van der Waals surface area contributed by atoms with Crippen LogP contribution in [-0.2, 0) is 27.9 Å². The molecule has 2 aromatic heterocycles. The van der Waals surface area contributed by atoms with E-state index in [9.17, 15) is 13.2 Å². The van der Waals surface area contributed by atoms with E-state index in [1.54, 1.807) is 41.7 Å². The van der Waals surface area contributed by atoms with Crippen molar-refractivity contribution in [2.24, 2.45) is 0 Å². The number of amides is 1. The van der Waals surface area contributed by atoms with Gasteiger partial charge in [-0.1, -0.05) is 12.1 Å². The fraction of sp³-hybridized carbons (Fsp3) is 0.150. The molecule has 3 rings (SSSR count). The lowest BCUT2D eigenvalue weighted by molar-refractivity contribution is -0.116. The van der Waals surface area contributed by atoms with E-state index < -0.39 is 10.0 Å². The molecule has 0 bridgehead atoms. The van der Waals surface area contributed by atoms with Gasteiger partial charge >= 0.3 is 0 Å². The number of aryl methyl sites for hydroxylation is 1. The Balaban J connectivity index is 1.54. The summed E-state index contributed by atoms with van der Waals surface area (Å²) in [5.74, 6) is 0.328. The molecule has 0 aliphatic heterocycles. The van der Waals surface area contributed by atoms with Crippen LogP contribution in [0.5, 0.6) is 0 Å². The number of benzene rings is 1. The minimum atomic E-state index is -3.63. The summed E-state index contributed by atoms with van der Waals surface area (Å²) < 4.78 is 32.2. The number of sulfonamides is 1. The highest BCUT2D eigenvalue weighted by Crippen LogP contribution is 2.15. The normalized spacial score (nSPS) is 11.8. The zero-order chi connectivity index (χ0) is 20.0. The van der Waals surface area contributed by atoms with Crippen molar-refractivity contribution in [3.8, 4) is 0 Å². The van der Waals surface area contributed by atoms with Gasteiger partial charge in [-0.15, -0.1) is 11.3 Å². The molecule has 0 unspecified atom stereocenters. The first kappa shape index (κ1) is 20.1.